The van der Waals surface area contributed by atoms with Crippen LogP contribution >= 0.6 is 11.8 Å². The van der Waals surface area contributed by atoms with Crippen molar-refractivity contribution in [2.75, 3.05) is 23.7 Å². The van der Waals surface area contributed by atoms with Crippen molar-refractivity contribution in [3.8, 4) is 0 Å². The molecule has 2 aliphatic heterocycles. The Hall–Kier alpha value is -1.05. The number of rotatable bonds is 2. The number of piperidine rings is 1. The molecule has 2 heterocycles. The summed E-state index contributed by atoms with van der Waals surface area (Å²) in [5, 5.41) is 0. The number of benzene rings is 1. The van der Waals surface area contributed by atoms with Crippen molar-refractivity contribution >= 4 is 33.4 Å². The van der Waals surface area contributed by atoms with Crippen LogP contribution in [0.2, 0.25) is 0 Å². The van der Waals surface area contributed by atoms with Gasteiger partial charge < -0.3 is 4.90 Å². The second-order valence-electron chi connectivity index (χ2n) is 6.46. The molecule has 0 aliphatic carbocycles. The maximum absolute atomic E-state index is 13.1. The van der Waals surface area contributed by atoms with Gasteiger partial charge in [-0.05, 0) is 50.1 Å². The molecule has 0 saturated carbocycles. The molecule has 0 unspecified atom stereocenters. The van der Waals surface area contributed by atoms with E-state index in [1.165, 1.54) is 6.92 Å². The zero-order valence-corrected chi connectivity index (χ0v) is 15.8. The first-order valence-corrected chi connectivity index (χ1v) is 10.9. The Morgan fingerprint density at radius 2 is 2.00 bits per heavy atom. The summed E-state index contributed by atoms with van der Waals surface area (Å²) < 4.78 is 27.7. The highest BCUT2D eigenvalue weighted by molar-refractivity contribution is 7.99. The lowest BCUT2D eigenvalue weighted by molar-refractivity contribution is -0.116. The molecule has 1 aromatic rings. The summed E-state index contributed by atoms with van der Waals surface area (Å²) in [4.78, 5) is 15.0. The number of thioether (sulfide) groups is 1. The molecule has 24 heavy (non-hydrogen) atoms. The van der Waals surface area contributed by atoms with Gasteiger partial charge in [0.15, 0.2) is 0 Å². The summed E-state index contributed by atoms with van der Waals surface area (Å²) in [6, 6.07) is 5.25. The van der Waals surface area contributed by atoms with Gasteiger partial charge >= 0.3 is 0 Å². The van der Waals surface area contributed by atoms with Crippen LogP contribution in [0.3, 0.4) is 0 Å². The molecule has 0 aromatic heterocycles. The fourth-order valence-electron chi connectivity index (χ4n) is 3.41. The third-order valence-corrected chi connectivity index (χ3v) is 7.89. The summed E-state index contributed by atoms with van der Waals surface area (Å²) in [5.41, 5.74) is 0.732. The molecule has 0 N–H and O–H groups in total. The van der Waals surface area contributed by atoms with Crippen LogP contribution in [0.15, 0.2) is 28.0 Å². The molecule has 1 fully saturated rings. The molecular weight excluding hydrogens is 344 g/mol. The van der Waals surface area contributed by atoms with Gasteiger partial charge in [0.1, 0.15) is 0 Å². The Morgan fingerprint density at radius 1 is 1.21 bits per heavy atom. The molecule has 2 aliphatic rings. The lowest BCUT2D eigenvalue weighted by Crippen LogP contribution is -2.42. The second-order valence-corrected chi connectivity index (χ2v) is 9.49. The maximum atomic E-state index is 13.1. The summed E-state index contributed by atoms with van der Waals surface area (Å²) >= 11 is 1.68. The Bertz CT molecular complexity index is 733. The van der Waals surface area contributed by atoms with Crippen LogP contribution in [0.25, 0.3) is 0 Å². The highest BCUT2D eigenvalue weighted by atomic mass is 32.2. The van der Waals surface area contributed by atoms with Crippen LogP contribution in [0.4, 0.5) is 5.69 Å². The standard InChI is InChI=1S/C17H24N2O3S2/c1-13-6-3-4-10-19(13)24(21,22)15-7-8-17-16(12-15)18(14(2)20)9-5-11-23-17/h7-8,12-13H,3-6,9-11H2,1-2H3/t13-/m1/s1. The van der Waals surface area contributed by atoms with Gasteiger partial charge in [-0.25, -0.2) is 8.42 Å². The molecule has 5 nitrogen and oxygen atoms in total. The number of sulfonamides is 1. The van der Waals surface area contributed by atoms with Gasteiger partial charge in [0.05, 0.1) is 10.6 Å². The van der Waals surface area contributed by atoms with E-state index in [4.69, 9.17) is 0 Å². The fourth-order valence-corrected chi connectivity index (χ4v) is 6.10. The number of anilines is 1. The van der Waals surface area contributed by atoms with Gasteiger partial charge in [-0.2, -0.15) is 4.31 Å². The van der Waals surface area contributed by atoms with Crippen molar-refractivity contribution in [1.82, 2.24) is 4.31 Å². The highest BCUT2D eigenvalue weighted by Crippen LogP contribution is 2.37. The molecule has 3 rings (SSSR count). The third kappa shape index (κ3) is 3.34. The number of fused-ring (bicyclic) bond motifs is 1. The van der Waals surface area contributed by atoms with Crippen molar-refractivity contribution in [2.24, 2.45) is 0 Å². The van der Waals surface area contributed by atoms with E-state index < -0.39 is 10.0 Å². The average Bonchev–Trinajstić information content (AvgIpc) is 2.76. The third-order valence-electron chi connectivity index (χ3n) is 4.73. The highest BCUT2D eigenvalue weighted by Gasteiger charge is 2.32. The zero-order valence-electron chi connectivity index (χ0n) is 14.2. The van der Waals surface area contributed by atoms with Crippen molar-refractivity contribution in [1.29, 1.82) is 0 Å². The number of hydrogen-bond acceptors (Lipinski definition) is 4. The molecule has 1 saturated heterocycles. The first-order chi connectivity index (χ1) is 11.4. The lowest BCUT2D eigenvalue weighted by Gasteiger charge is -2.32. The SMILES string of the molecule is CC(=O)N1CCCSc2ccc(S(=O)(=O)N3CCCC[C@H]3C)cc21. The Kier molecular flexibility index (Phi) is 5.22. The molecule has 0 spiro atoms. The van der Waals surface area contributed by atoms with Gasteiger partial charge in [0, 0.05) is 31.0 Å². The van der Waals surface area contributed by atoms with E-state index >= 15 is 0 Å². The largest absolute Gasteiger partial charge is 0.311 e. The molecule has 0 bridgehead atoms. The molecule has 0 radical (unpaired) electrons. The predicted molar refractivity (Wildman–Crippen MR) is 97.0 cm³/mol. The van der Waals surface area contributed by atoms with E-state index in [0.29, 0.717) is 18.0 Å². The van der Waals surface area contributed by atoms with Gasteiger partial charge in [-0.3, -0.25) is 4.79 Å². The monoisotopic (exact) mass is 368 g/mol. The fraction of sp³-hybridized carbons (Fsp3) is 0.588. The van der Waals surface area contributed by atoms with Crippen LogP contribution in [0.1, 0.15) is 39.5 Å². The Balaban J connectivity index is 2.02. The number of hydrogen-bond donors (Lipinski definition) is 0. The van der Waals surface area contributed by atoms with E-state index in [1.807, 2.05) is 13.0 Å². The molecule has 1 atom stereocenters. The van der Waals surface area contributed by atoms with Crippen molar-refractivity contribution < 1.29 is 13.2 Å². The van der Waals surface area contributed by atoms with Crippen LogP contribution in [0.5, 0.6) is 0 Å². The summed E-state index contributed by atoms with van der Waals surface area (Å²) in [6.45, 7) is 4.72. The van der Waals surface area contributed by atoms with Crippen LogP contribution in [-0.4, -0.2) is 43.5 Å². The molecule has 132 valence electrons. The topological polar surface area (TPSA) is 57.7 Å². The van der Waals surface area contributed by atoms with Crippen molar-refractivity contribution in [2.45, 2.75) is 55.4 Å². The zero-order chi connectivity index (χ0) is 17.3. The molecule has 7 heteroatoms. The van der Waals surface area contributed by atoms with E-state index in [0.717, 1.165) is 42.0 Å². The number of carbonyl (C=O) groups excluding carboxylic acids is 1. The first kappa shape index (κ1) is 17.8. The summed E-state index contributed by atoms with van der Waals surface area (Å²) in [7, 11) is -3.52. The summed E-state index contributed by atoms with van der Waals surface area (Å²) in [6.07, 6.45) is 3.79. The molecular formula is C17H24N2O3S2. The maximum Gasteiger partial charge on any atom is 0.243 e. The van der Waals surface area contributed by atoms with Crippen LogP contribution < -0.4 is 4.90 Å². The number of carbonyl (C=O) groups is 1. The van der Waals surface area contributed by atoms with E-state index in [-0.39, 0.29) is 11.9 Å². The predicted octanol–water partition coefficient (Wildman–Crippen LogP) is 3.10. The number of nitrogens with zero attached hydrogens (tertiary/aromatic N) is 2. The van der Waals surface area contributed by atoms with Crippen molar-refractivity contribution in [3.05, 3.63) is 18.2 Å². The average molecular weight is 369 g/mol. The number of amides is 1. The van der Waals surface area contributed by atoms with E-state index in [9.17, 15) is 13.2 Å². The minimum Gasteiger partial charge on any atom is -0.311 e. The Labute approximate surface area is 148 Å². The van der Waals surface area contributed by atoms with Gasteiger partial charge in [0.2, 0.25) is 15.9 Å². The molecule has 1 aromatic carbocycles. The Morgan fingerprint density at radius 3 is 2.71 bits per heavy atom. The second kappa shape index (κ2) is 7.06. The summed E-state index contributed by atoms with van der Waals surface area (Å²) in [5.74, 6) is 0.895. The first-order valence-electron chi connectivity index (χ1n) is 8.48. The van der Waals surface area contributed by atoms with E-state index in [2.05, 4.69) is 0 Å². The molecule has 1 amide bonds. The van der Waals surface area contributed by atoms with Gasteiger partial charge in [0.25, 0.3) is 0 Å². The minimum atomic E-state index is -3.52. The van der Waals surface area contributed by atoms with E-state index in [1.54, 1.807) is 33.1 Å². The lowest BCUT2D eigenvalue weighted by atomic mass is 10.1. The smallest absolute Gasteiger partial charge is 0.243 e. The van der Waals surface area contributed by atoms with Gasteiger partial charge in [-0.15, -0.1) is 11.8 Å². The van der Waals surface area contributed by atoms with Gasteiger partial charge in [-0.1, -0.05) is 6.42 Å². The minimum absolute atomic E-state index is 0.0286. The normalized spacial score (nSPS) is 22.8. The quantitative estimate of drug-likeness (QED) is 0.805. The van der Waals surface area contributed by atoms with Crippen LogP contribution in [0, 0.1) is 0 Å². The van der Waals surface area contributed by atoms with Crippen LogP contribution in [-0.2, 0) is 14.8 Å². The van der Waals surface area contributed by atoms with Crippen molar-refractivity contribution in [3.63, 3.8) is 0 Å².